The van der Waals surface area contributed by atoms with Crippen LogP contribution >= 0.6 is 0 Å². The number of methoxy groups -OCH3 is 1. The Morgan fingerprint density at radius 1 is 1.54 bits per heavy atom. The Bertz CT molecular complexity index is 319. The van der Waals surface area contributed by atoms with Crippen LogP contribution in [-0.2, 0) is 9.53 Å². The van der Waals surface area contributed by atoms with Crippen LogP contribution in [0.3, 0.4) is 0 Å². The fourth-order valence-electron chi connectivity index (χ4n) is 0.887. The zero-order chi connectivity index (χ0) is 9.68. The van der Waals surface area contributed by atoms with Crippen LogP contribution in [0.4, 0.5) is 0 Å². The number of hydrogen-bond acceptors (Lipinski definition) is 4. The van der Waals surface area contributed by atoms with Gasteiger partial charge in [0, 0.05) is 12.4 Å². The zero-order valence-electron chi connectivity index (χ0n) is 7.10. The summed E-state index contributed by atoms with van der Waals surface area (Å²) in [5, 5.41) is 8.80. The van der Waals surface area contributed by atoms with Crippen molar-refractivity contribution in [2.24, 2.45) is 0 Å². The summed E-state index contributed by atoms with van der Waals surface area (Å²) in [5.41, 5.74) is 0.689. The van der Waals surface area contributed by atoms with E-state index in [-0.39, 0.29) is 5.57 Å². The predicted octanol–water partition coefficient (Wildman–Crippen LogP) is 1.15. The monoisotopic (exact) mass is 179 g/mol. The van der Waals surface area contributed by atoms with Gasteiger partial charge in [-0.2, -0.15) is 0 Å². The standard InChI is InChI=1S/C9H9NO3/c1-13-9(12)8(6-11)7-2-4-10-5-3-7/h2-6,11H,1H3. The van der Waals surface area contributed by atoms with Gasteiger partial charge in [0.1, 0.15) is 5.57 Å². The number of ether oxygens (including phenoxy) is 1. The van der Waals surface area contributed by atoms with Crippen LogP contribution in [0.5, 0.6) is 0 Å². The van der Waals surface area contributed by atoms with E-state index in [1.807, 2.05) is 0 Å². The van der Waals surface area contributed by atoms with E-state index in [9.17, 15) is 4.79 Å². The molecule has 1 aromatic heterocycles. The summed E-state index contributed by atoms with van der Waals surface area (Å²) in [6.07, 6.45) is 3.78. The topological polar surface area (TPSA) is 59.4 Å². The molecule has 1 aromatic rings. The molecule has 68 valence electrons. The highest BCUT2D eigenvalue weighted by Gasteiger charge is 2.11. The molecule has 0 aliphatic carbocycles. The largest absolute Gasteiger partial charge is 0.515 e. The van der Waals surface area contributed by atoms with Gasteiger partial charge in [-0.05, 0) is 17.7 Å². The van der Waals surface area contributed by atoms with Gasteiger partial charge in [-0.25, -0.2) is 4.79 Å². The lowest BCUT2D eigenvalue weighted by Crippen LogP contribution is -2.03. The van der Waals surface area contributed by atoms with Crippen molar-refractivity contribution in [1.29, 1.82) is 0 Å². The first-order valence-corrected chi connectivity index (χ1v) is 3.62. The first-order valence-electron chi connectivity index (χ1n) is 3.62. The van der Waals surface area contributed by atoms with Gasteiger partial charge >= 0.3 is 5.97 Å². The quantitative estimate of drug-likeness (QED) is 0.420. The number of pyridine rings is 1. The molecular weight excluding hydrogens is 170 g/mol. The van der Waals surface area contributed by atoms with Crippen molar-refractivity contribution in [3.8, 4) is 0 Å². The fraction of sp³-hybridized carbons (Fsp3) is 0.111. The molecule has 0 radical (unpaired) electrons. The second-order valence-electron chi connectivity index (χ2n) is 2.27. The Hall–Kier alpha value is -1.84. The minimum atomic E-state index is -0.575. The van der Waals surface area contributed by atoms with Crippen LogP contribution in [-0.4, -0.2) is 23.2 Å². The number of esters is 1. The summed E-state index contributed by atoms with van der Waals surface area (Å²) >= 11 is 0. The number of nitrogens with zero attached hydrogens (tertiary/aromatic N) is 1. The van der Waals surface area contributed by atoms with Gasteiger partial charge in [-0.1, -0.05) is 0 Å². The average Bonchev–Trinajstić information content (AvgIpc) is 2.20. The van der Waals surface area contributed by atoms with Crippen LogP contribution in [0, 0.1) is 0 Å². The van der Waals surface area contributed by atoms with Gasteiger partial charge < -0.3 is 9.84 Å². The molecule has 0 atom stereocenters. The van der Waals surface area contributed by atoms with E-state index in [0.29, 0.717) is 5.56 Å². The molecule has 0 aromatic carbocycles. The number of rotatable bonds is 2. The maximum Gasteiger partial charge on any atom is 0.341 e. The summed E-state index contributed by atoms with van der Waals surface area (Å²) < 4.78 is 4.47. The minimum Gasteiger partial charge on any atom is -0.515 e. The Kier molecular flexibility index (Phi) is 3.03. The van der Waals surface area contributed by atoms with Crippen LogP contribution in [0.1, 0.15) is 5.56 Å². The van der Waals surface area contributed by atoms with Crippen LogP contribution in [0.25, 0.3) is 5.57 Å². The van der Waals surface area contributed by atoms with Gasteiger partial charge in [-0.15, -0.1) is 0 Å². The van der Waals surface area contributed by atoms with Crippen molar-refractivity contribution in [2.75, 3.05) is 7.11 Å². The van der Waals surface area contributed by atoms with E-state index in [1.165, 1.54) is 19.5 Å². The molecule has 0 aliphatic heterocycles. The van der Waals surface area contributed by atoms with Crippen molar-refractivity contribution in [2.45, 2.75) is 0 Å². The maximum absolute atomic E-state index is 11.1. The molecule has 0 amide bonds. The molecule has 4 heteroatoms. The average molecular weight is 179 g/mol. The van der Waals surface area contributed by atoms with Crippen molar-refractivity contribution in [3.05, 3.63) is 36.4 Å². The lowest BCUT2D eigenvalue weighted by atomic mass is 10.1. The van der Waals surface area contributed by atoms with E-state index >= 15 is 0 Å². The summed E-state index contributed by atoms with van der Waals surface area (Å²) in [4.78, 5) is 14.9. The van der Waals surface area contributed by atoms with Crippen molar-refractivity contribution in [1.82, 2.24) is 4.98 Å². The molecule has 1 N–H and O–H groups in total. The van der Waals surface area contributed by atoms with Crippen molar-refractivity contribution < 1.29 is 14.6 Å². The van der Waals surface area contributed by atoms with Gasteiger partial charge in [0.25, 0.3) is 0 Å². The molecule has 0 aliphatic rings. The Morgan fingerprint density at radius 2 is 2.15 bits per heavy atom. The van der Waals surface area contributed by atoms with Crippen LogP contribution in [0.15, 0.2) is 30.8 Å². The van der Waals surface area contributed by atoms with Gasteiger partial charge in [0.2, 0.25) is 0 Å². The highest BCUT2D eigenvalue weighted by atomic mass is 16.5. The number of carbonyl (C=O) groups excluding carboxylic acids is 1. The van der Waals surface area contributed by atoms with E-state index in [1.54, 1.807) is 12.1 Å². The smallest absolute Gasteiger partial charge is 0.341 e. The number of hydrogen-bond donors (Lipinski definition) is 1. The van der Waals surface area contributed by atoms with E-state index in [4.69, 9.17) is 5.11 Å². The number of aliphatic hydroxyl groups excluding tert-OH is 1. The normalized spacial score (nSPS) is 11.0. The minimum absolute atomic E-state index is 0.116. The molecule has 13 heavy (non-hydrogen) atoms. The molecule has 1 rings (SSSR count). The Labute approximate surface area is 75.5 Å². The zero-order valence-corrected chi connectivity index (χ0v) is 7.10. The molecule has 0 bridgehead atoms. The maximum atomic E-state index is 11.1. The fourth-order valence-corrected chi connectivity index (χ4v) is 0.887. The predicted molar refractivity (Wildman–Crippen MR) is 46.9 cm³/mol. The molecule has 0 unspecified atom stereocenters. The van der Waals surface area contributed by atoms with Gasteiger partial charge in [-0.3, -0.25) is 4.98 Å². The van der Waals surface area contributed by atoms with Gasteiger partial charge in [0.05, 0.1) is 13.4 Å². The van der Waals surface area contributed by atoms with Crippen LogP contribution < -0.4 is 0 Å². The molecule has 0 spiro atoms. The molecule has 0 saturated heterocycles. The lowest BCUT2D eigenvalue weighted by molar-refractivity contribution is -0.133. The third-order valence-electron chi connectivity index (χ3n) is 1.53. The number of aliphatic hydroxyl groups is 1. The van der Waals surface area contributed by atoms with E-state index in [0.717, 1.165) is 6.26 Å². The third kappa shape index (κ3) is 2.05. The summed E-state index contributed by atoms with van der Waals surface area (Å²) in [6.45, 7) is 0. The SMILES string of the molecule is COC(=O)C(=CO)c1ccncc1. The highest BCUT2D eigenvalue weighted by molar-refractivity contribution is 6.15. The van der Waals surface area contributed by atoms with Crippen LogP contribution in [0.2, 0.25) is 0 Å². The van der Waals surface area contributed by atoms with E-state index < -0.39 is 5.97 Å². The summed E-state index contributed by atoms with van der Waals surface area (Å²) in [6, 6.07) is 3.22. The van der Waals surface area contributed by atoms with Gasteiger partial charge in [0.15, 0.2) is 0 Å². The highest BCUT2D eigenvalue weighted by Crippen LogP contribution is 2.13. The molecule has 1 heterocycles. The number of carbonyl (C=O) groups is 1. The number of aromatic nitrogens is 1. The summed E-state index contributed by atoms with van der Waals surface area (Å²) in [7, 11) is 1.26. The second kappa shape index (κ2) is 4.25. The Balaban J connectivity index is 3.00. The molecule has 0 saturated carbocycles. The summed E-state index contributed by atoms with van der Waals surface area (Å²) in [5.74, 6) is -0.575. The first kappa shape index (κ1) is 9.25. The molecular formula is C9H9NO3. The third-order valence-corrected chi connectivity index (χ3v) is 1.53. The first-order chi connectivity index (χ1) is 6.29. The molecule has 0 fully saturated rings. The van der Waals surface area contributed by atoms with Crippen molar-refractivity contribution >= 4 is 11.5 Å². The lowest BCUT2D eigenvalue weighted by Gasteiger charge is -2.02. The molecule has 4 nitrogen and oxygen atoms in total. The second-order valence-corrected chi connectivity index (χ2v) is 2.27. The van der Waals surface area contributed by atoms with E-state index in [2.05, 4.69) is 9.72 Å². The van der Waals surface area contributed by atoms with Crippen molar-refractivity contribution in [3.63, 3.8) is 0 Å². The Morgan fingerprint density at radius 3 is 2.62 bits per heavy atom.